The van der Waals surface area contributed by atoms with Gasteiger partial charge in [-0.15, -0.1) is 0 Å². The highest BCUT2D eigenvalue weighted by atomic mass is 79.9. The first-order chi connectivity index (χ1) is 12.0. The topological polar surface area (TPSA) is 31.2 Å². The third-order valence-corrected chi connectivity index (χ3v) is 5.33. The van der Waals surface area contributed by atoms with Gasteiger partial charge in [0, 0.05) is 45.7 Å². The molecule has 0 radical (unpaired) electrons. The first kappa shape index (κ1) is 16.2. The average molecular weight is 396 g/mol. The molecule has 0 fully saturated rings. The average Bonchev–Trinajstić information content (AvgIpc) is 2.91. The minimum absolute atomic E-state index is 0.0426. The highest BCUT2D eigenvalue weighted by Crippen LogP contribution is 2.46. The molecule has 1 atom stereocenters. The van der Waals surface area contributed by atoms with Gasteiger partial charge in [0.15, 0.2) is 5.78 Å². The van der Waals surface area contributed by atoms with Crippen molar-refractivity contribution in [2.75, 3.05) is 0 Å². The van der Waals surface area contributed by atoms with E-state index in [1.807, 2.05) is 38.2 Å². The van der Waals surface area contributed by atoms with Crippen LogP contribution in [0.5, 0.6) is 5.75 Å². The molecule has 0 saturated heterocycles. The Kier molecular flexibility index (Phi) is 3.80. The lowest BCUT2D eigenvalue weighted by Gasteiger charge is -2.29. The molecule has 126 valence electrons. The molecule has 0 N–H and O–H groups in total. The van der Waals surface area contributed by atoms with E-state index in [0.29, 0.717) is 5.76 Å². The number of hydrogen-bond acceptors (Lipinski definition) is 2. The fourth-order valence-electron chi connectivity index (χ4n) is 3.79. The second kappa shape index (κ2) is 5.88. The van der Waals surface area contributed by atoms with Gasteiger partial charge in [0.25, 0.3) is 0 Å². The summed E-state index contributed by atoms with van der Waals surface area (Å²) in [7, 11) is 2.04. The molecule has 0 bridgehead atoms. The lowest BCUT2D eigenvalue weighted by atomic mass is 9.80. The molecule has 2 heterocycles. The van der Waals surface area contributed by atoms with Gasteiger partial charge in [-0.3, -0.25) is 4.79 Å². The fraction of sp³-hybridized carbons (Fsp3) is 0.190. The monoisotopic (exact) mass is 395 g/mol. The zero-order valence-corrected chi connectivity index (χ0v) is 15.9. The van der Waals surface area contributed by atoms with E-state index in [9.17, 15) is 4.79 Å². The Morgan fingerprint density at radius 1 is 1.16 bits per heavy atom. The third kappa shape index (κ3) is 2.52. The number of benzene rings is 2. The molecule has 3 aromatic rings. The van der Waals surface area contributed by atoms with Crippen LogP contribution >= 0.6 is 15.9 Å². The van der Waals surface area contributed by atoms with Crippen molar-refractivity contribution >= 4 is 32.6 Å². The molecule has 1 aromatic heterocycles. The van der Waals surface area contributed by atoms with Gasteiger partial charge in [-0.05, 0) is 43.7 Å². The van der Waals surface area contributed by atoms with Crippen molar-refractivity contribution in [3.8, 4) is 5.75 Å². The van der Waals surface area contributed by atoms with Crippen molar-refractivity contribution in [1.29, 1.82) is 0 Å². The zero-order valence-electron chi connectivity index (χ0n) is 14.3. The number of carbonyl (C=O) groups is 1. The molecule has 1 aliphatic rings. The van der Waals surface area contributed by atoms with E-state index in [0.717, 1.165) is 37.8 Å². The Labute approximate surface area is 155 Å². The minimum Gasteiger partial charge on any atom is -0.461 e. The number of ether oxygens (including phenoxy) is 1. The first-order valence-corrected chi connectivity index (χ1v) is 8.99. The van der Waals surface area contributed by atoms with Crippen molar-refractivity contribution in [3.05, 3.63) is 75.6 Å². The number of Topliss-reactive ketones (excluding diaryl/α,β-unsaturated/α-hetero) is 1. The molecule has 3 nitrogen and oxygen atoms in total. The number of para-hydroxylation sites is 1. The van der Waals surface area contributed by atoms with Gasteiger partial charge in [0.1, 0.15) is 11.5 Å². The molecular formula is C21H18BrNO2. The summed E-state index contributed by atoms with van der Waals surface area (Å²) in [6.45, 7) is 3.49. The van der Waals surface area contributed by atoms with Crippen LogP contribution in [0.3, 0.4) is 0 Å². The van der Waals surface area contributed by atoms with Gasteiger partial charge >= 0.3 is 0 Å². The number of aryl methyl sites for hydroxylation is 1. The van der Waals surface area contributed by atoms with Crippen LogP contribution in [-0.4, -0.2) is 10.4 Å². The Bertz CT molecular complexity index is 1050. The minimum atomic E-state index is -0.134. The van der Waals surface area contributed by atoms with E-state index in [1.165, 1.54) is 0 Å². The number of carbonyl (C=O) groups excluding carboxylic acids is 1. The fourth-order valence-corrected chi connectivity index (χ4v) is 4.17. The van der Waals surface area contributed by atoms with Crippen LogP contribution in [0.2, 0.25) is 0 Å². The number of ketones is 1. The van der Waals surface area contributed by atoms with E-state index in [2.05, 4.69) is 44.9 Å². The van der Waals surface area contributed by atoms with Gasteiger partial charge in [-0.2, -0.15) is 0 Å². The number of nitrogens with zero attached hydrogens (tertiary/aromatic N) is 1. The number of hydrogen-bond donors (Lipinski definition) is 0. The third-order valence-electron chi connectivity index (χ3n) is 4.83. The number of fused-ring (bicyclic) bond motifs is 2. The van der Waals surface area contributed by atoms with Crippen molar-refractivity contribution < 1.29 is 9.53 Å². The van der Waals surface area contributed by atoms with E-state index in [4.69, 9.17) is 4.74 Å². The SMILES string of the molecule is CC(=O)C1=C(C)Oc2ccc(Br)cc2C1c1cn(C)c2ccccc12. The van der Waals surface area contributed by atoms with Crippen molar-refractivity contribution in [1.82, 2.24) is 4.57 Å². The standard InChI is InChI=1S/C21H18BrNO2/c1-12(24)20-13(2)25-19-9-8-14(22)10-16(19)21(20)17-11-23(3)18-7-5-4-6-15(17)18/h4-11,21H,1-3H3. The molecule has 0 amide bonds. The molecule has 0 aliphatic carbocycles. The highest BCUT2D eigenvalue weighted by Gasteiger charge is 2.33. The molecule has 2 aromatic carbocycles. The van der Waals surface area contributed by atoms with Gasteiger partial charge in [0.05, 0.1) is 0 Å². The van der Waals surface area contributed by atoms with E-state index in [-0.39, 0.29) is 11.7 Å². The quantitative estimate of drug-likeness (QED) is 0.587. The number of aromatic nitrogens is 1. The maximum Gasteiger partial charge on any atom is 0.160 e. The molecule has 1 aliphatic heterocycles. The van der Waals surface area contributed by atoms with Gasteiger partial charge < -0.3 is 9.30 Å². The normalized spacial score (nSPS) is 16.7. The van der Waals surface area contributed by atoms with E-state index < -0.39 is 0 Å². The summed E-state index contributed by atoms with van der Waals surface area (Å²) in [5.74, 6) is 1.40. The lowest BCUT2D eigenvalue weighted by molar-refractivity contribution is -0.114. The van der Waals surface area contributed by atoms with E-state index in [1.54, 1.807) is 6.92 Å². The van der Waals surface area contributed by atoms with Crippen LogP contribution in [0.15, 0.2) is 64.5 Å². The summed E-state index contributed by atoms with van der Waals surface area (Å²) in [6, 6.07) is 14.3. The Morgan fingerprint density at radius 3 is 2.68 bits per heavy atom. The number of rotatable bonds is 2. The van der Waals surface area contributed by atoms with E-state index >= 15 is 0 Å². The smallest absolute Gasteiger partial charge is 0.160 e. The van der Waals surface area contributed by atoms with Crippen molar-refractivity contribution in [2.24, 2.45) is 7.05 Å². The highest BCUT2D eigenvalue weighted by molar-refractivity contribution is 9.10. The lowest BCUT2D eigenvalue weighted by Crippen LogP contribution is -2.20. The van der Waals surface area contributed by atoms with Crippen LogP contribution in [0.4, 0.5) is 0 Å². The summed E-state index contributed by atoms with van der Waals surface area (Å²) >= 11 is 3.56. The molecule has 1 unspecified atom stereocenters. The van der Waals surface area contributed by atoms with Crippen LogP contribution in [0.25, 0.3) is 10.9 Å². The van der Waals surface area contributed by atoms with Crippen molar-refractivity contribution in [3.63, 3.8) is 0 Å². The second-order valence-electron chi connectivity index (χ2n) is 6.46. The first-order valence-electron chi connectivity index (χ1n) is 8.20. The van der Waals surface area contributed by atoms with Gasteiger partial charge in [0.2, 0.25) is 0 Å². The Hall–Kier alpha value is -2.33. The second-order valence-corrected chi connectivity index (χ2v) is 7.37. The largest absolute Gasteiger partial charge is 0.461 e. The summed E-state index contributed by atoms with van der Waals surface area (Å²) < 4.78 is 9.05. The Morgan fingerprint density at radius 2 is 1.92 bits per heavy atom. The maximum atomic E-state index is 12.5. The van der Waals surface area contributed by atoms with Crippen LogP contribution in [0.1, 0.15) is 30.9 Å². The Balaban J connectivity index is 2.06. The van der Waals surface area contributed by atoms with Crippen LogP contribution in [0, 0.1) is 0 Å². The molecule has 4 rings (SSSR count). The van der Waals surface area contributed by atoms with Gasteiger partial charge in [-0.1, -0.05) is 34.1 Å². The summed E-state index contributed by atoms with van der Waals surface area (Å²) in [5, 5.41) is 1.16. The van der Waals surface area contributed by atoms with Crippen LogP contribution < -0.4 is 4.74 Å². The molecule has 4 heteroatoms. The predicted molar refractivity (Wildman–Crippen MR) is 103 cm³/mol. The van der Waals surface area contributed by atoms with Crippen LogP contribution in [-0.2, 0) is 11.8 Å². The molecule has 0 saturated carbocycles. The predicted octanol–water partition coefficient (Wildman–Crippen LogP) is 5.33. The molecule has 25 heavy (non-hydrogen) atoms. The number of halogens is 1. The summed E-state index contributed by atoms with van der Waals surface area (Å²) in [6.07, 6.45) is 2.13. The summed E-state index contributed by atoms with van der Waals surface area (Å²) in [5.41, 5.74) is 4.02. The molecule has 0 spiro atoms. The maximum absolute atomic E-state index is 12.5. The zero-order chi connectivity index (χ0) is 17.7. The number of allylic oxidation sites excluding steroid dienone is 2. The summed E-state index contributed by atoms with van der Waals surface area (Å²) in [4.78, 5) is 12.5. The van der Waals surface area contributed by atoms with Crippen molar-refractivity contribution in [2.45, 2.75) is 19.8 Å². The molecular weight excluding hydrogens is 378 g/mol. The van der Waals surface area contributed by atoms with Gasteiger partial charge in [-0.25, -0.2) is 0 Å².